The summed E-state index contributed by atoms with van der Waals surface area (Å²) >= 11 is 4.74. The summed E-state index contributed by atoms with van der Waals surface area (Å²) < 4.78 is 56.3. The van der Waals surface area contributed by atoms with E-state index in [1.54, 1.807) is 72.7 Å². The summed E-state index contributed by atoms with van der Waals surface area (Å²) in [7, 11) is 0.628. The number of rotatable bonds is 7. The Morgan fingerprint density at radius 2 is 1.04 bits per heavy atom. The maximum atomic E-state index is 14.3. The van der Waals surface area contributed by atoms with Crippen LogP contribution in [0.15, 0.2) is 60.7 Å². The Balaban J connectivity index is 0.000000234. The number of carbonyl (C=O) groups excluding carboxylic acids is 9. The molecule has 95 heavy (non-hydrogen) atoms. The fourth-order valence-electron chi connectivity index (χ4n) is 12.9. The molecule has 4 fully saturated rings. The second-order valence-corrected chi connectivity index (χ2v) is 38.9. The molecule has 6 aliphatic heterocycles. The van der Waals surface area contributed by atoms with Gasteiger partial charge >= 0.3 is 85.7 Å². The molecule has 2 aromatic rings. The van der Waals surface area contributed by atoms with Crippen molar-refractivity contribution in [3.8, 4) is 0 Å². The van der Waals surface area contributed by atoms with E-state index < -0.39 is 130 Å². The summed E-state index contributed by atoms with van der Waals surface area (Å²) in [5.41, 5.74) is -2.16. The second kappa shape index (κ2) is 32.4. The van der Waals surface area contributed by atoms with E-state index in [4.69, 9.17) is 23.7 Å². The van der Waals surface area contributed by atoms with Crippen molar-refractivity contribution in [2.75, 3.05) is 19.7 Å². The van der Waals surface area contributed by atoms with Crippen molar-refractivity contribution in [1.82, 2.24) is 40.9 Å². The zero-order valence-corrected chi connectivity index (χ0v) is 60.3. The number of hydrogen-bond acceptors (Lipinski definition) is 15. The number of amides is 8. The van der Waals surface area contributed by atoms with E-state index in [1.807, 2.05) is 24.3 Å². The number of benzene rings is 2. The van der Waals surface area contributed by atoms with Crippen molar-refractivity contribution in [1.29, 1.82) is 0 Å². The van der Waals surface area contributed by atoms with Crippen molar-refractivity contribution >= 4 is 99.9 Å². The molecule has 8 amide bonds. The standard InChI is InChI=1S/C34H45FN4O8.C32H41FN4O8.2HI.V/c1-5-45-30(42)34-17-22(34)13-9-7-6-8-10-15-26(36-31(43)47-33(2,3)4)29(41)39-19-23(16-27(39)28(40)37-34)46-32(44)38-18-21-12-11-14-25(35)24(21)20-38;1-31(2,3)45-29(42)34-24-13-8-6-4-5-7-11-20-15-32(20,28(40)41)35-26(38)25-14-21(17-37(25)27(24)39)44-30(43)36-16-19-10-9-12-23(33)22(19)18-36;;;/h9,11-14,22-23,26-27H,5-8,10,15-20H2,1-4H3,(H,36,43)(H,37,40);7,9-12,20-21,24-25H,4-6,8,13-18H2,1-3H3,(H,34,42)(H,35,38)(H,40,41);2*1H;/q;;;;+2/p-2/b13-9-;11-7-;;;/t22-,23-,26+,27+,34-;20-,21-,24+,25+,32-;;;/m11.../s1. The molecule has 0 radical (unpaired) electrons. The van der Waals surface area contributed by atoms with Crippen LogP contribution in [0.4, 0.5) is 28.0 Å². The molecule has 29 heteroatoms. The average Bonchev–Trinajstić information content (AvgIpc) is 1.59. The van der Waals surface area contributed by atoms with Gasteiger partial charge in [-0.05, 0) is 123 Å². The number of halogens is 4. The van der Waals surface area contributed by atoms with E-state index in [0.717, 1.165) is 38.5 Å². The number of nitrogens with zero attached hydrogens (tertiary/aromatic N) is 4. The molecule has 0 spiro atoms. The number of aliphatic carboxylic acids is 1. The Bertz CT molecular complexity index is 3280. The van der Waals surface area contributed by atoms with Gasteiger partial charge in [0.2, 0.25) is 23.6 Å². The fourth-order valence-corrected chi connectivity index (χ4v) is 12.9. The monoisotopic (exact) mass is 1590 g/mol. The first-order valence-electron chi connectivity index (χ1n) is 32.3. The SMILES string of the molecule is CC(C)(C)OC(=O)N[C@H]1CCCCC/C=C\[C@@H]2C[C@@]2(C(=O)O)NC(=O)[C@@H]2C[C@@H](OC(=O)N3Cc4cccc(F)c4C3)CN2C1=O.CCOC(=O)[C@@]12C[C@H]1/C=C\CCCCC[C@H](NC(=O)OC(C)(C)C)C(=O)N1C[C@H](OC(=O)N3Cc4cccc(F)c4C3)C[C@H]1C(=O)N2.[I][V][I]. The number of carboxylic acids is 1. The molecule has 24 nitrogen and oxygen atoms in total. The van der Waals surface area contributed by atoms with E-state index in [-0.39, 0.29) is 83.4 Å². The first-order chi connectivity index (χ1) is 45.0. The third-order valence-corrected chi connectivity index (χ3v) is 17.8. The van der Waals surface area contributed by atoms with Gasteiger partial charge in [0.15, 0.2) is 0 Å². The number of hydrogen-bond donors (Lipinski definition) is 5. The van der Waals surface area contributed by atoms with Crippen LogP contribution in [0, 0.1) is 23.5 Å². The van der Waals surface area contributed by atoms with E-state index in [1.165, 1.54) is 31.7 Å². The summed E-state index contributed by atoms with van der Waals surface area (Å²) in [6, 6.07) is 5.02. The van der Waals surface area contributed by atoms with Gasteiger partial charge in [0.1, 0.15) is 70.3 Å². The number of fused-ring (bicyclic) bond motifs is 6. The van der Waals surface area contributed by atoms with Gasteiger partial charge in [-0.2, -0.15) is 0 Å². The van der Waals surface area contributed by atoms with Gasteiger partial charge in [-0.1, -0.05) is 74.3 Å². The summed E-state index contributed by atoms with van der Waals surface area (Å²) in [5.74, 6) is -5.51. The molecule has 6 heterocycles. The van der Waals surface area contributed by atoms with Crippen molar-refractivity contribution < 1.29 is 95.0 Å². The molecular formula is C66H86F2I2N8O16V. The van der Waals surface area contributed by atoms with Gasteiger partial charge < -0.3 is 59.9 Å². The van der Waals surface area contributed by atoms with Crippen LogP contribution >= 0.6 is 40.0 Å². The van der Waals surface area contributed by atoms with Gasteiger partial charge in [0.05, 0.1) is 32.8 Å². The van der Waals surface area contributed by atoms with Crippen LogP contribution in [0.1, 0.15) is 161 Å². The van der Waals surface area contributed by atoms with Crippen LogP contribution in [0.5, 0.6) is 0 Å². The van der Waals surface area contributed by atoms with Crippen LogP contribution in [0.3, 0.4) is 0 Å². The van der Waals surface area contributed by atoms with Gasteiger partial charge in [0, 0.05) is 48.9 Å². The molecule has 10 rings (SSSR count). The van der Waals surface area contributed by atoms with E-state index in [0.29, 0.717) is 57.4 Å². The molecule has 5 N–H and O–H groups in total. The van der Waals surface area contributed by atoms with E-state index in [2.05, 4.69) is 61.2 Å². The number of alkyl carbamates (subject to hydrolysis) is 2. The summed E-state index contributed by atoms with van der Waals surface area (Å²) in [6.07, 6.45) is 9.93. The average molecular weight is 1590 g/mol. The maximum absolute atomic E-state index is 14.3. The Kier molecular flexibility index (Phi) is 25.4. The molecule has 0 unspecified atom stereocenters. The molecule has 2 aliphatic carbocycles. The zero-order chi connectivity index (χ0) is 69.2. The summed E-state index contributed by atoms with van der Waals surface area (Å²) in [5, 5.41) is 20.9. The Hall–Kier alpha value is -6.28. The third kappa shape index (κ3) is 19.3. The van der Waals surface area contributed by atoms with E-state index >= 15 is 0 Å². The minimum atomic E-state index is -1.49. The predicted molar refractivity (Wildman–Crippen MR) is 353 cm³/mol. The number of carbonyl (C=O) groups is 10. The first-order valence-corrected chi connectivity index (χ1v) is 41.3. The predicted octanol–water partition coefficient (Wildman–Crippen LogP) is 9.49. The van der Waals surface area contributed by atoms with Crippen molar-refractivity contribution in [2.45, 2.75) is 223 Å². The van der Waals surface area contributed by atoms with Crippen molar-refractivity contribution in [3.05, 3.63) is 94.6 Å². The van der Waals surface area contributed by atoms with Crippen LogP contribution in [-0.2, 0) is 88.1 Å². The zero-order valence-electron chi connectivity index (χ0n) is 54.6. The topological polar surface area (TPSA) is 298 Å². The molecule has 8 aliphatic rings. The number of carboxylic acid groups (broad SMARTS) is 1. The minimum absolute atomic E-state index is 0.0258. The fraction of sp³-hybridized carbons (Fsp3) is 0.606. The third-order valence-electron chi connectivity index (χ3n) is 17.8. The van der Waals surface area contributed by atoms with Gasteiger partial charge in [-0.25, -0.2) is 37.5 Å². The van der Waals surface area contributed by atoms with Crippen molar-refractivity contribution in [2.24, 2.45) is 11.8 Å². The Morgan fingerprint density at radius 1 is 0.632 bits per heavy atom. The molecule has 2 aromatic carbocycles. The number of nitrogens with one attached hydrogen (secondary N) is 4. The molecule has 2 saturated heterocycles. The molecular weight excluding hydrogens is 1500 g/mol. The quantitative estimate of drug-likeness (QED) is 0.0746. The number of esters is 1. The molecule has 2 saturated carbocycles. The van der Waals surface area contributed by atoms with Crippen LogP contribution < -0.4 is 21.3 Å². The van der Waals surface area contributed by atoms with Gasteiger partial charge in [0.25, 0.3) is 0 Å². The summed E-state index contributed by atoms with van der Waals surface area (Å²) in [6.45, 7) is 12.2. The van der Waals surface area contributed by atoms with Gasteiger partial charge in [-0.15, -0.1) is 0 Å². The van der Waals surface area contributed by atoms with Crippen molar-refractivity contribution in [3.63, 3.8) is 0 Å². The molecule has 10 atom stereocenters. The molecule has 0 bridgehead atoms. The normalized spacial score (nSPS) is 28.1. The van der Waals surface area contributed by atoms with Crippen LogP contribution in [0.2, 0.25) is 0 Å². The van der Waals surface area contributed by atoms with Gasteiger partial charge in [-0.3, -0.25) is 29.0 Å². The van der Waals surface area contributed by atoms with Crippen LogP contribution in [0.25, 0.3) is 0 Å². The van der Waals surface area contributed by atoms with Crippen LogP contribution in [-0.4, -0.2) is 163 Å². The molecule has 0 aromatic heterocycles. The number of ether oxygens (including phenoxy) is 5. The molecule has 519 valence electrons. The Labute approximate surface area is 581 Å². The second-order valence-electron chi connectivity index (χ2n) is 27.1. The Morgan fingerprint density at radius 3 is 1.44 bits per heavy atom. The number of allylic oxidation sites excluding steroid dienone is 2. The first kappa shape index (κ1) is 74.5. The van der Waals surface area contributed by atoms with E-state index in [9.17, 15) is 61.8 Å². The summed E-state index contributed by atoms with van der Waals surface area (Å²) in [4.78, 5) is 139.